The van der Waals surface area contributed by atoms with Crippen molar-refractivity contribution >= 4 is 29.2 Å². The average molecular weight is 268 g/mol. The molecule has 2 N–H and O–H groups in total. The predicted octanol–water partition coefficient (Wildman–Crippen LogP) is 2.23. The summed E-state index contributed by atoms with van der Waals surface area (Å²) in [5, 5.41) is 0. The van der Waals surface area contributed by atoms with Crippen LogP contribution in [0.2, 0.25) is 0 Å². The van der Waals surface area contributed by atoms with Crippen molar-refractivity contribution in [2.24, 2.45) is 5.73 Å². The summed E-state index contributed by atoms with van der Waals surface area (Å²) in [5.74, 6) is 0. The van der Waals surface area contributed by atoms with Crippen molar-refractivity contribution < 1.29 is 4.48 Å². The van der Waals surface area contributed by atoms with E-state index in [9.17, 15) is 0 Å². The minimum atomic E-state index is 0.0833. The molecule has 0 bridgehead atoms. The third-order valence-corrected chi connectivity index (χ3v) is 2.08. The molecule has 0 saturated heterocycles. The molecule has 1 aromatic rings. The first-order valence-corrected chi connectivity index (χ1v) is 6.12. The van der Waals surface area contributed by atoms with Crippen LogP contribution in [-0.4, -0.2) is 29.4 Å². The molecule has 0 spiro atoms. The Bertz CT molecular complexity index is 344. The van der Waals surface area contributed by atoms with Crippen molar-refractivity contribution in [3.05, 3.63) is 48.6 Å². The molecule has 0 heterocycles. The minimum Gasteiger partial charge on any atom is -0.415 e. The van der Waals surface area contributed by atoms with Crippen LogP contribution in [0, 0.1) is 0 Å². The molecule has 0 aliphatic heterocycles. The summed E-state index contributed by atoms with van der Waals surface area (Å²) >= 11 is 8.26. The number of likely N-dealkylation sites (N-methyl/N-ethyl adjacent to an activating group) is 1. The van der Waals surface area contributed by atoms with Crippen molar-refractivity contribution in [2.45, 2.75) is 6.54 Å². The van der Waals surface area contributed by atoms with Crippen LogP contribution in [0.25, 0.3) is 0 Å². The lowest BCUT2D eigenvalue weighted by atomic mass is 10.2. The van der Waals surface area contributed by atoms with Crippen LogP contribution in [0.5, 0.6) is 0 Å². The molecule has 0 radical (unpaired) electrons. The lowest BCUT2D eigenvalue weighted by Gasteiger charge is -2.28. The van der Waals surface area contributed by atoms with E-state index in [4.69, 9.17) is 0 Å². The SMILES string of the molecule is C=CC[N+](C)(C)Cc1ccccc1.NC(=S)[S-]. The highest BCUT2D eigenvalue weighted by molar-refractivity contribution is 8.00. The van der Waals surface area contributed by atoms with Gasteiger partial charge >= 0.3 is 0 Å². The molecule has 0 aliphatic rings. The van der Waals surface area contributed by atoms with E-state index in [0.29, 0.717) is 0 Å². The van der Waals surface area contributed by atoms with Gasteiger partial charge in [0.05, 0.1) is 20.6 Å². The number of benzene rings is 1. The van der Waals surface area contributed by atoms with Crippen molar-refractivity contribution in [1.82, 2.24) is 0 Å². The lowest BCUT2D eigenvalue weighted by molar-refractivity contribution is -0.897. The van der Waals surface area contributed by atoms with Gasteiger partial charge in [0.2, 0.25) is 0 Å². The summed E-state index contributed by atoms with van der Waals surface area (Å²) in [6.45, 7) is 5.84. The fourth-order valence-electron chi connectivity index (χ4n) is 1.49. The molecule has 0 unspecified atom stereocenters. The number of rotatable bonds is 4. The molecule has 94 valence electrons. The van der Waals surface area contributed by atoms with E-state index >= 15 is 0 Å². The highest BCUT2D eigenvalue weighted by Gasteiger charge is 2.12. The van der Waals surface area contributed by atoms with Gasteiger partial charge in [-0.05, 0) is 6.08 Å². The van der Waals surface area contributed by atoms with Gasteiger partial charge in [0.1, 0.15) is 6.54 Å². The van der Waals surface area contributed by atoms with Crippen molar-refractivity contribution in [3.63, 3.8) is 0 Å². The molecule has 0 fully saturated rings. The maximum Gasteiger partial charge on any atom is 0.104 e. The number of thiocarbonyl (C=S) groups is 1. The molecule has 1 rings (SSSR count). The van der Waals surface area contributed by atoms with Gasteiger partial charge in [0.25, 0.3) is 0 Å². The Balaban J connectivity index is 0.000000557. The Hall–Kier alpha value is -0.970. The molecule has 0 aromatic heterocycles. The van der Waals surface area contributed by atoms with Gasteiger partial charge in [-0.1, -0.05) is 41.2 Å². The second-order valence-corrected chi connectivity index (χ2v) is 5.51. The number of nitrogens with zero attached hydrogens (tertiary/aromatic N) is 1. The number of nitrogens with two attached hydrogens (primary N) is 1. The van der Waals surface area contributed by atoms with Gasteiger partial charge in [-0.15, -0.1) is 0 Å². The standard InChI is InChI=1S/C12H18N.CH3NS2/c1-4-10-13(2,3)11-12-8-6-5-7-9-12;2-1(3)4/h4-9H,1,10-11H2,2-3H3;(H3,2,3,4)/q+1;/p-1. The molecular weight excluding hydrogens is 248 g/mol. The van der Waals surface area contributed by atoms with Crippen LogP contribution in [0.15, 0.2) is 43.0 Å². The number of hydrogen-bond acceptors (Lipinski definition) is 2. The van der Waals surface area contributed by atoms with E-state index in [2.05, 4.69) is 81.6 Å². The second-order valence-electron chi connectivity index (χ2n) is 4.37. The summed E-state index contributed by atoms with van der Waals surface area (Å²) in [4.78, 5) is 0. The van der Waals surface area contributed by atoms with Crippen LogP contribution in [0.4, 0.5) is 0 Å². The topological polar surface area (TPSA) is 26.0 Å². The Morgan fingerprint density at radius 3 is 2.29 bits per heavy atom. The molecule has 4 heteroatoms. The van der Waals surface area contributed by atoms with Crippen LogP contribution in [0.3, 0.4) is 0 Å². The maximum atomic E-state index is 4.66. The van der Waals surface area contributed by atoms with Gasteiger partial charge in [-0.2, -0.15) is 0 Å². The molecule has 17 heavy (non-hydrogen) atoms. The number of quaternary nitrogens is 1. The smallest absolute Gasteiger partial charge is 0.104 e. The van der Waals surface area contributed by atoms with Gasteiger partial charge in [0.15, 0.2) is 0 Å². The zero-order valence-electron chi connectivity index (χ0n) is 10.4. The summed E-state index contributed by atoms with van der Waals surface area (Å²) < 4.78 is 1.05. The van der Waals surface area contributed by atoms with Gasteiger partial charge in [0, 0.05) is 5.56 Å². The van der Waals surface area contributed by atoms with E-state index in [0.717, 1.165) is 17.6 Å². The Kier molecular flexibility index (Phi) is 7.70. The van der Waals surface area contributed by atoms with E-state index in [-0.39, 0.29) is 4.32 Å². The largest absolute Gasteiger partial charge is 0.415 e. The quantitative estimate of drug-likeness (QED) is 0.392. The first kappa shape index (κ1) is 16.0. The third-order valence-electron chi connectivity index (χ3n) is 2.08. The first-order chi connectivity index (χ1) is 7.87. The molecule has 0 aliphatic carbocycles. The van der Waals surface area contributed by atoms with E-state index < -0.39 is 0 Å². The minimum absolute atomic E-state index is 0.0833. The van der Waals surface area contributed by atoms with Crippen LogP contribution in [-0.2, 0) is 19.2 Å². The first-order valence-electron chi connectivity index (χ1n) is 5.30. The Morgan fingerprint density at radius 2 is 1.88 bits per heavy atom. The molecule has 0 atom stereocenters. The third kappa shape index (κ3) is 9.93. The molecule has 2 nitrogen and oxygen atoms in total. The highest BCUT2D eigenvalue weighted by atomic mass is 32.1. The van der Waals surface area contributed by atoms with E-state index in [1.165, 1.54) is 5.56 Å². The van der Waals surface area contributed by atoms with Crippen molar-refractivity contribution in [1.29, 1.82) is 0 Å². The van der Waals surface area contributed by atoms with E-state index in [1.54, 1.807) is 0 Å². The van der Waals surface area contributed by atoms with Gasteiger partial charge < -0.3 is 35.1 Å². The zero-order chi connectivity index (χ0) is 13.3. The summed E-state index contributed by atoms with van der Waals surface area (Å²) in [6, 6.07) is 10.6. The summed E-state index contributed by atoms with van der Waals surface area (Å²) in [7, 11) is 4.43. The van der Waals surface area contributed by atoms with E-state index in [1.807, 2.05) is 6.08 Å². The lowest BCUT2D eigenvalue weighted by Crippen LogP contribution is -2.38. The van der Waals surface area contributed by atoms with Crippen molar-refractivity contribution in [2.75, 3.05) is 20.6 Å². The van der Waals surface area contributed by atoms with Crippen LogP contribution < -0.4 is 5.73 Å². The molecule has 0 saturated carbocycles. The highest BCUT2D eigenvalue weighted by Crippen LogP contribution is 2.08. The van der Waals surface area contributed by atoms with Crippen LogP contribution >= 0.6 is 12.2 Å². The van der Waals surface area contributed by atoms with Gasteiger partial charge in [-0.3, -0.25) is 0 Å². The predicted molar refractivity (Wildman–Crippen MR) is 81.5 cm³/mol. The molecule has 0 amide bonds. The van der Waals surface area contributed by atoms with Crippen LogP contribution in [0.1, 0.15) is 5.56 Å². The number of hydrogen-bond donors (Lipinski definition) is 1. The molecular formula is C13H20N2S2. The normalized spacial score (nSPS) is 10.0. The van der Waals surface area contributed by atoms with Gasteiger partial charge in [-0.25, -0.2) is 0 Å². The summed E-state index contributed by atoms with van der Waals surface area (Å²) in [6.07, 6.45) is 1.98. The monoisotopic (exact) mass is 268 g/mol. The second kappa shape index (κ2) is 8.17. The molecule has 1 aromatic carbocycles. The Labute approximate surface area is 115 Å². The fourth-order valence-corrected chi connectivity index (χ4v) is 1.49. The average Bonchev–Trinajstić information content (AvgIpc) is 2.17. The van der Waals surface area contributed by atoms with Crippen molar-refractivity contribution in [3.8, 4) is 0 Å². The maximum absolute atomic E-state index is 4.66. The fraction of sp³-hybridized carbons (Fsp3) is 0.308. The zero-order valence-corrected chi connectivity index (χ0v) is 12.1. The summed E-state index contributed by atoms with van der Waals surface area (Å²) in [5.41, 5.74) is 6.04. The Morgan fingerprint density at radius 1 is 1.41 bits per heavy atom.